The molecule has 0 spiro atoms. The third-order valence-electron chi connectivity index (χ3n) is 0. The standard InChI is InChI=1S/Al.Ca.2FO3Si.Na/c;;2*1-5(2,3)4;/q+3;+2;2*-3;+1. The molecule has 0 aliphatic rings. The predicted octanol–water partition coefficient (Wildman–Crippen LogP) is -10.8. The monoisotopic (exact) mass is 280 g/mol. The van der Waals surface area contributed by atoms with Crippen molar-refractivity contribution in [1.82, 2.24) is 0 Å². The van der Waals surface area contributed by atoms with Crippen LogP contribution in [0.5, 0.6) is 0 Å². The van der Waals surface area contributed by atoms with E-state index in [2.05, 4.69) is 0 Å². The van der Waals surface area contributed by atoms with Gasteiger partial charge in [-0.3, -0.25) is 0 Å². The van der Waals surface area contributed by atoms with Crippen molar-refractivity contribution in [2.45, 2.75) is 0 Å². The van der Waals surface area contributed by atoms with Crippen LogP contribution in [0.25, 0.3) is 0 Å². The van der Waals surface area contributed by atoms with Crippen LogP contribution >= 0.6 is 0 Å². The Balaban J connectivity index is -0.0000000267. The van der Waals surface area contributed by atoms with E-state index in [0.29, 0.717) is 0 Å². The molecule has 0 bridgehead atoms. The van der Waals surface area contributed by atoms with Crippen molar-refractivity contribution >= 4 is 73.4 Å². The average molecular weight is 280 g/mol. The van der Waals surface area contributed by atoms with Crippen LogP contribution in [0.4, 0.5) is 8.22 Å². The van der Waals surface area contributed by atoms with E-state index >= 15 is 0 Å². The molecule has 0 aromatic heterocycles. The summed E-state index contributed by atoms with van der Waals surface area (Å²) in [4.78, 5) is 50.8. The van der Waals surface area contributed by atoms with Crippen molar-refractivity contribution < 1.29 is 66.5 Å². The largest absolute Gasteiger partial charge is 3.00 e. The molecule has 0 N–H and O–H groups in total. The van der Waals surface area contributed by atoms with E-state index in [4.69, 9.17) is 28.8 Å². The summed E-state index contributed by atoms with van der Waals surface area (Å²) >= 11 is 0. The molecule has 0 unspecified atom stereocenters. The zero-order valence-corrected chi connectivity index (χ0v) is 13.9. The van der Waals surface area contributed by atoms with Crippen LogP contribution in [0, 0.1) is 0 Å². The molecule has 0 aromatic carbocycles. The summed E-state index contributed by atoms with van der Waals surface area (Å²) in [7, 11) is -11.7. The fourth-order valence-electron chi connectivity index (χ4n) is 0. The molecular formula is AlCaF2NaO6Si2. The van der Waals surface area contributed by atoms with Gasteiger partial charge < -0.3 is 37.0 Å². The molecule has 0 rings (SSSR count). The molecule has 6 nitrogen and oxygen atoms in total. The third-order valence-corrected chi connectivity index (χ3v) is 0. The Labute approximate surface area is 138 Å². The van der Waals surface area contributed by atoms with Gasteiger partial charge in [0.25, 0.3) is 0 Å². The minimum absolute atomic E-state index is 0. The Morgan fingerprint density at radius 3 is 0.692 bits per heavy atom. The number of halogens is 2. The van der Waals surface area contributed by atoms with Gasteiger partial charge in [-0.25, -0.2) is 0 Å². The third kappa shape index (κ3) is 302. The summed E-state index contributed by atoms with van der Waals surface area (Å²) in [5.41, 5.74) is 0. The van der Waals surface area contributed by atoms with Crippen molar-refractivity contribution in [1.29, 1.82) is 0 Å². The molecule has 0 aliphatic heterocycles. The second-order valence-electron chi connectivity index (χ2n) is 0.963. The zero-order chi connectivity index (χ0) is 9.00. The fraction of sp³-hybridized carbons (Fsp3) is 0. The van der Waals surface area contributed by atoms with Gasteiger partial charge in [-0.2, -0.15) is 0 Å². The molecule has 0 aromatic rings. The van der Waals surface area contributed by atoms with Gasteiger partial charge >= 0.3 is 84.7 Å². The number of hydrogen-bond donors (Lipinski definition) is 0. The van der Waals surface area contributed by atoms with E-state index < -0.39 is 18.3 Å². The minimum Gasteiger partial charge on any atom is -0.857 e. The Bertz CT molecular complexity index is 71.6. The second kappa shape index (κ2) is 12.9. The van der Waals surface area contributed by atoms with Gasteiger partial charge in [-0.1, -0.05) is 18.3 Å². The minimum atomic E-state index is -5.86. The van der Waals surface area contributed by atoms with Crippen LogP contribution in [0.1, 0.15) is 0 Å². The summed E-state index contributed by atoms with van der Waals surface area (Å²) in [6, 6.07) is 0. The molecule has 0 aliphatic carbocycles. The normalized spacial score (nSPS) is 9.23. The Morgan fingerprint density at radius 2 is 0.692 bits per heavy atom. The van der Waals surface area contributed by atoms with Crippen molar-refractivity contribution in [3.63, 3.8) is 0 Å². The first-order valence-corrected chi connectivity index (χ1v) is 4.81. The molecule has 0 saturated heterocycles. The molecule has 0 amide bonds. The summed E-state index contributed by atoms with van der Waals surface area (Å²) in [6.07, 6.45) is 0. The molecule has 0 radical (unpaired) electrons. The quantitative estimate of drug-likeness (QED) is 0.319. The molecule has 0 atom stereocenters. The Hall–Kier alpha value is 2.85. The van der Waals surface area contributed by atoms with Crippen LogP contribution in [-0.2, 0) is 0 Å². The smallest absolute Gasteiger partial charge is 0.857 e. The van der Waals surface area contributed by atoms with Crippen molar-refractivity contribution in [2.24, 2.45) is 0 Å². The molecule has 0 heterocycles. The predicted molar refractivity (Wildman–Crippen MR) is 25.2 cm³/mol. The topological polar surface area (TPSA) is 138 Å². The summed E-state index contributed by atoms with van der Waals surface area (Å²) in [5.74, 6) is 0. The molecule has 0 saturated carbocycles. The van der Waals surface area contributed by atoms with Crippen LogP contribution in [0.3, 0.4) is 0 Å². The maximum absolute atomic E-state index is 10.2. The van der Waals surface area contributed by atoms with E-state index in [1.54, 1.807) is 0 Å². The van der Waals surface area contributed by atoms with Crippen molar-refractivity contribution in [2.75, 3.05) is 0 Å². The van der Waals surface area contributed by atoms with Crippen molar-refractivity contribution in [3.8, 4) is 0 Å². The maximum Gasteiger partial charge on any atom is 3.00 e. The molecule has 13 heteroatoms. The van der Waals surface area contributed by atoms with Gasteiger partial charge in [0.1, 0.15) is 0 Å². The van der Waals surface area contributed by atoms with Crippen LogP contribution in [0.15, 0.2) is 0 Å². The molecule has 0 fully saturated rings. The van der Waals surface area contributed by atoms with E-state index in [-0.39, 0.29) is 84.7 Å². The van der Waals surface area contributed by atoms with Crippen LogP contribution in [-0.4, -0.2) is 73.4 Å². The first kappa shape index (κ1) is 29.7. The first-order valence-electron chi connectivity index (χ1n) is 1.60. The van der Waals surface area contributed by atoms with Gasteiger partial charge in [-0.05, 0) is 0 Å². The second-order valence-corrected chi connectivity index (χ2v) is 2.89. The summed E-state index contributed by atoms with van der Waals surface area (Å²) in [6.45, 7) is 0. The Kier molecular flexibility index (Phi) is 29.5. The van der Waals surface area contributed by atoms with E-state index in [1.807, 2.05) is 0 Å². The Morgan fingerprint density at radius 1 is 0.692 bits per heavy atom. The molecule has 64 valence electrons. The summed E-state index contributed by atoms with van der Waals surface area (Å²) in [5, 5.41) is 0. The maximum atomic E-state index is 10.2. The van der Waals surface area contributed by atoms with Gasteiger partial charge in [0.2, 0.25) is 0 Å². The van der Waals surface area contributed by atoms with E-state index in [0.717, 1.165) is 0 Å². The molecule has 13 heavy (non-hydrogen) atoms. The first-order chi connectivity index (χ1) is 4.00. The number of rotatable bonds is 0. The molecular weight excluding hydrogens is 280 g/mol. The van der Waals surface area contributed by atoms with E-state index in [1.165, 1.54) is 0 Å². The van der Waals surface area contributed by atoms with E-state index in [9.17, 15) is 8.22 Å². The van der Waals surface area contributed by atoms with Gasteiger partial charge in [0.05, 0.1) is 0 Å². The average Bonchev–Trinajstić information content (AvgIpc) is 1.12. The van der Waals surface area contributed by atoms with Crippen LogP contribution in [0.2, 0.25) is 0 Å². The zero-order valence-electron chi connectivity index (χ0n) is 6.49. The van der Waals surface area contributed by atoms with Crippen LogP contribution < -0.4 is 58.3 Å². The van der Waals surface area contributed by atoms with Crippen molar-refractivity contribution in [3.05, 3.63) is 0 Å². The fourth-order valence-corrected chi connectivity index (χ4v) is 0. The van der Waals surface area contributed by atoms with Gasteiger partial charge in [0, 0.05) is 0 Å². The summed E-state index contributed by atoms with van der Waals surface area (Å²) < 4.78 is 20.3. The SMILES string of the molecule is [Al+3].[Ca+2].[Na+].[O-][Si]([O-])([O-])F.[O-][Si]([O-])([O-])F. The van der Waals surface area contributed by atoms with Gasteiger partial charge in [-0.15, -0.1) is 0 Å². The number of hydrogen-bond acceptors (Lipinski definition) is 6. The van der Waals surface area contributed by atoms with Gasteiger partial charge in [0.15, 0.2) is 0 Å².